The van der Waals surface area contributed by atoms with Crippen molar-refractivity contribution in [2.75, 3.05) is 26.7 Å². The molecule has 25 heavy (non-hydrogen) atoms. The van der Waals surface area contributed by atoms with E-state index in [0.29, 0.717) is 28.5 Å². The molecular weight excluding hydrogens is 357 g/mol. The summed E-state index contributed by atoms with van der Waals surface area (Å²) in [5.41, 5.74) is -4.81. The lowest BCUT2D eigenvalue weighted by Crippen LogP contribution is -2.52. The second-order valence-corrected chi connectivity index (χ2v) is 9.26. The quantitative estimate of drug-likeness (QED) is 0.560. The molecule has 0 spiro atoms. The number of rotatable bonds is 5. The first kappa shape index (κ1) is 18.8. The number of alkyl halides is 3. The Morgan fingerprint density at radius 3 is 2.24 bits per heavy atom. The van der Waals surface area contributed by atoms with Crippen LogP contribution in [0.25, 0.3) is 0 Å². The number of halogens is 3. The summed E-state index contributed by atoms with van der Waals surface area (Å²) in [5, 5.41) is 6.55. The summed E-state index contributed by atoms with van der Waals surface area (Å²) >= 11 is 0. The fourth-order valence-electron chi connectivity index (χ4n) is 3.62. The minimum atomic E-state index is -5.23. The maximum Gasteiger partial charge on any atom is 0.511 e. The molecule has 0 aromatic carbocycles. The molecule has 1 aliphatic heterocycles. The molecule has 0 aromatic heterocycles. The van der Waals surface area contributed by atoms with Crippen molar-refractivity contribution >= 4 is 16.0 Å². The lowest BCUT2D eigenvalue weighted by atomic mass is 10.0. The summed E-state index contributed by atoms with van der Waals surface area (Å²) in [4.78, 5) is 4.18. The van der Waals surface area contributed by atoms with Crippen molar-refractivity contribution in [1.29, 1.82) is 0 Å². The summed E-state index contributed by atoms with van der Waals surface area (Å²) < 4.78 is 61.2. The Bertz CT molecular complexity index is 619. The van der Waals surface area contributed by atoms with Crippen LogP contribution in [0.3, 0.4) is 0 Å². The Kier molecular flexibility index (Phi) is 4.95. The molecule has 3 fully saturated rings. The highest BCUT2D eigenvalue weighted by Gasteiger charge is 2.53. The molecule has 2 N–H and O–H groups in total. The van der Waals surface area contributed by atoms with E-state index < -0.39 is 15.5 Å². The zero-order valence-corrected chi connectivity index (χ0v) is 15.1. The first-order chi connectivity index (χ1) is 11.7. The van der Waals surface area contributed by atoms with Crippen molar-refractivity contribution in [3.63, 3.8) is 0 Å². The lowest BCUT2D eigenvalue weighted by Gasteiger charge is -2.32. The standard InChI is InChI=1S/C15H25F3N4O2S/c1-19-13(20-10-14(6-7-14)11-2-3-11)21-12-4-8-22(9-5-12)25(23,24)15(16,17)18/h11-12H,2-10H2,1H3,(H2,19,20,21). The molecule has 3 rings (SSSR count). The number of guanidine groups is 1. The van der Waals surface area contributed by atoms with Crippen LogP contribution in [-0.2, 0) is 10.0 Å². The monoisotopic (exact) mass is 382 g/mol. The van der Waals surface area contributed by atoms with Crippen LogP contribution in [0.1, 0.15) is 38.5 Å². The molecule has 10 heteroatoms. The van der Waals surface area contributed by atoms with Crippen LogP contribution in [0.5, 0.6) is 0 Å². The van der Waals surface area contributed by atoms with Crippen molar-refractivity contribution < 1.29 is 21.6 Å². The van der Waals surface area contributed by atoms with E-state index in [1.165, 1.54) is 25.7 Å². The molecule has 0 bridgehead atoms. The maximum absolute atomic E-state index is 12.6. The Morgan fingerprint density at radius 2 is 1.80 bits per heavy atom. The van der Waals surface area contributed by atoms with Crippen LogP contribution in [0, 0.1) is 11.3 Å². The molecule has 2 aliphatic carbocycles. The van der Waals surface area contributed by atoms with Crippen LogP contribution in [0.2, 0.25) is 0 Å². The highest BCUT2D eigenvalue weighted by Crippen LogP contribution is 2.60. The number of hydrogen-bond acceptors (Lipinski definition) is 3. The maximum atomic E-state index is 12.6. The molecule has 2 saturated carbocycles. The van der Waals surface area contributed by atoms with Gasteiger partial charge in [-0.1, -0.05) is 0 Å². The van der Waals surface area contributed by atoms with Gasteiger partial charge in [0.05, 0.1) is 0 Å². The normalized spacial score (nSPS) is 25.7. The first-order valence-electron chi connectivity index (χ1n) is 8.71. The molecule has 1 saturated heterocycles. The number of nitrogens with one attached hydrogen (secondary N) is 2. The number of hydrogen-bond donors (Lipinski definition) is 2. The van der Waals surface area contributed by atoms with E-state index in [2.05, 4.69) is 15.6 Å². The van der Waals surface area contributed by atoms with Crippen LogP contribution in [0.4, 0.5) is 13.2 Å². The molecule has 0 amide bonds. The molecule has 1 heterocycles. The zero-order chi connectivity index (χ0) is 18.3. The molecule has 0 aromatic rings. The molecule has 0 unspecified atom stereocenters. The van der Waals surface area contributed by atoms with Gasteiger partial charge in [-0.15, -0.1) is 0 Å². The predicted molar refractivity (Wildman–Crippen MR) is 88.5 cm³/mol. The topological polar surface area (TPSA) is 73.8 Å². The van der Waals surface area contributed by atoms with Crippen molar-refractivity contribution in [2.45, 2.75) is 50.1 Å². The molecule has 3 aliphatic rings. The number of aliphatic imine (C=N–C) groups is 1. The van der Waals surface area contributed by atoms with Crippen LogP contribution in [0.15, 0.2) is 4.99 Å². The van der Waals surface area contributed by atoms with Gasteiger partial charge in [-0.3, -0.25) is 4.99 Å². The van der Waals surface area contributed by atoms with Gasteiger partial charge in [0.15, 0.2) is 5.96 Å². The van der Waals surface area contributed by atoms with E-state index in [9.17, 15) is 21.6 Å². The predicted octanol–water partition coefficient (Wildman–Crippen LogP) is 1.66. The highest BCUT2D eigenvalue weighted by atomic mass is 32.2. The Hall–Kier alpha value is -1.03. The van der Waals surface area contributed by atoms with Gasteiger partial charge in [-0.2, -0.15) is 17.5 Å². The van der Waals surface area contributed by atoms with Crippen LogP contribution in [-0.4, -0.2) is 56.9 Å². The van der Waals surface area contributed by atoms with Gasteiger partial charge in [0.2, 0.25) is 0 Å². The molecular formula is C15H25F3N4O2S. The third-order valence-electron chi connectivity index (χ3n) is 5.59. The van der Waals surface area contributed by atoms with Crippen LogP contribution >= 0.6 is 0 Å². The Labute approximate surface area is 146 Å². The molecule has 0 radical (unpaired) electrons. The van der Waals surface area contributed by atoms with Crippen molar-refractivity contribution in [3.05, 3.63) is 0 Å². The van der Waals surface area contributed by atoms with Gasteiger partial charge < -0.3 is 10.6 Å². The van der Waals surface area contributed by atoms with Crippen molar-refractivity contribution in [3.8, 4) is 0 Å². The zero-order valence-electron chi connectivity index (χ0n) is 14.3. The van der Waals surface area contributed by atoms with Gasteiger partial charge in [0.1, 0.15) is 0 Å². The summed E-state index contributed by atoms with van der Waals surface area (Å²) in [6, 6.07) is -0.0815. The summed E-state index contributed by atoms with van der Waals surface area (Å²) in [7, 11) is -3.56. The molecule has 0 atom stereocenters. The fraction of sp³-hybridized carbons (Fsp3) is 0.933. The summed E-state index contributed by atoms with van der Waals surface area (Å²) in [6.45, 7) is 0.601. The Balaban J connectivity index is 1.46. The fourth-order valence-corrected chi connectivity index (χ4v) is 4.60. The number of piperidine rings is 1. The van der Waals surface area contributed by atoms with E-state index in [0.717, 1.165) is 12.5 Å². The second kappa shape index (κ2) is 6.61. The highest BCUT2D eigenvalue weighted by molar-refractivity contribution is 7.90. The average molecular weight is 382 g/mol. The van der Waals surface area contributed by atoms with E-state index in [1.54, 1.807) is 7.05 Å². The SMILES string of the molecule is CN=C(NCC1(C2CC2)CC1)NC1CCN(S(=O)(=O)C(F)(F)F)CC1. The van der Waals surface area contributed by atoms with Gasteiger partial charge in [-0.05, 0) is 49.9 Å². The first-order valence-corrected chi connectivity index (χ1v) is 10.2. The minimum Gasteiger partial charge on any atom is -0.356 e. The van der Waals surface area contributed by atoms with Crippen LogP contribution < -0.4 is 10.6 Å². The van der Waals surface area contributed by atoms with E-state index in [4.69, 9.17) is 0 Å². The van der Waals surface area contributed by atoms with E-state index >= 15 is 0 Å². The molecule has 144 valence electrons. The number of nitrogens with zero attached hydrogens (tertiary/aromatic N) is 2. The summed E-state index contributed by atoms with van der Waals surface area (Å²) in [5.74, 6) is 1.47. The summed E-state index contributed by atoms with van der Waals surface area (Å²) in [6.07, 6.45) is 5.75. The third kappa shape index (κ3) is 4.05. The van der Waals surface area contributed by atoms with Gasteiger partial charge in [-0.25, -0.2) is 8.42 Å². The third-order valence-corrected chi connectivity index (χ3v) is 7.22. The molecule has 6 nitrogen and oxygen atoms in total. The average Bonchev–Trinajstić information content (AvgIpc) is 3.44. The minimum absolute atomic E-state index is 0.0815. The second-order valence-electron chi connectivity index (χ2n) is 7.33. The lowest BCUT2D eigenvalue weighted by molar-refractivity contribution is -0.0494. The number of sulfonamides is 1. The van der Waals surface area contributed by atoms with E-state index in [-0.39, 0.29) is 19.1 Å². The van der Waals surface area contributed by atoms with Gasteiger partial charge in [0, 0.05) is 32.7 Å². The Morgan fingerprint density at radius 1 is 1.20 bits per heavy atom. The smallest absolute Gasteiger partial charge is 0.356 e. The van der Waals surface area contributed by atoms with E-state index in [1.807, 2.05) is 0 Å². The van der Waals surface area contributed by atoms with Gasteiger partial charge in [0.25, 0.3) is 0 Å². The largest absolute Gasteiger partial charge is 0.511 e. The van der Waals surface area contributed by atoms with Gasteiger partial charge >= 0.3 is 15.5 Å². The van der Waals surface area contributed by atoms with Crippen molar-refractivity contribution in [2.24, 2.45) is 16.3 Å². The van der Waals surface area contributed by atoms with Crippen molar-refractivity contribution in [1.82, 2.24) is 14.9 Å².